The fourth-order valence-corrected chi connectivity index (χ4v) is 10.0. The van der Waals surface area contributed by atoms with Gasteiger partial charge in [-0.25, -0.2) is 4.79 Å². The molecule has 190 valence electrons. The number of hydrogen-bond acceptors (Lipinski definition) is 6. The lowest BCUT2D eigenvalue weighted by Crippen LogP contribution is -2.49. The minimum atomic E-state index is -1.08. The summed E-state index contributed by atoms with van der Waals surface area (Å²) in [4.78, 5) is 39.8. The Balaban J connectivity index is 1.41. The molecule has 4 fully saturated rings. The largest absolute Gasteiger partial charge is 0.461 e. The molecule has 5 aliphatic carbocycles. The first-order valence-electron chi connectivity index (χ1n) is 13.4. The second-order valence-electron chi connectivity index (χ2n) is 13.0. The van der Waals surface area contributed by atoms with Crippen LogP contribution in [-0.4, -0.2) is 40.6 Å². The van der Waals surface area contributed by atoms with Crippen LogP contribution in [-0.2, 0) is 23.9 Å². The fraction of sp³-hybridized carbons (Fsp3) is 0.633. The van der Waals surface area contributed by atoms with E-state index in [1.165, 1.54) is 0 Å². The van der Waals surface area contributed by atoms with Gasteiger partial charge in [0.1, 0.15) is 12.2 Å². The third-order valence-electron chi connectivity index (χ3n) is 11.8. The highest BCUT2D eigenvalue weighted by Crippen LogP contribution is 2.80. The number of carbonyl (C=O) groups is 3. The smallest absolute Gasteiger partial charge is 0.334 e. The molecule has 7 aliphatic rings. The van der Waals surface area contributed by atoms with Crippen molar-refractivity contribution in [1.82, 2.24) is 0 Å². The Labute approximate surface area is 211 Å². The van der Waals surface area contributed by atoms with Crippen molar-refractivity contribution in [2.45, 2.75) is 77.6 Å². The van der Waals surface area contributed by atoms with Crippen molar-refractivity contribution in [3.63, 3.8) is 0 Å². The van der Waals surface area contributed by atoms with E-state index in [9.17, 15) is 19.5 Å². The summed E-state index contributed by atoms with van der Waals surface area (Å²) in [5, 5.41) is 12.0. The Kier molecular flexibility index (Phi) is 4.10. The van der Waals surface area contributed by atoms with Gasteiger partial charge in [-0.2, -0.15) is 0 Å². The molecule has 1 spiro atoms. The maximum absolute atomic E-state index is 14.2. The van der Waals surface area contributed by atoms with Gasteiger partial charge in [0, 0.05) is 45.6 Å². The standard InChI is InChI=1S/C30H34O6/c1-14-6-7-18-23(21-15(2)12-19(31)20(14)21)36-26(33)30(18)13-29-11-10-27(30,4)24(29)22-17(8-9-28(29,5)34)16(3)25(32)35-22/h10-12,17-18,21-24,34H,3,6-9,13H2,1-2,4-5H3/t17?,18?,21?,22?,23?,24?,27-,28+,29?,30?/m1/s1. The number of aliphatic hydroxyl groups is 1. The molecular formula is C30H34O6. The third-order valence-corrected chi connectivity index (χ3v) is 11.8. The van der Waals surface area contributed by atoms with Gasteiger partial charge in [0.25, 0.3) is 0 Å². The van der Waals surface area contributed by atoms with Crippen LogP contribution in [0.2, 0.25) is 0 Å². The van der Waals surface area contributed by atoms with E-state index in [0.29, 0.717) is 24.8 Å². The molecule has 36 heavy (non-hydrogen) atoms. The summed E-state index contributed by atoms with van der Waals surface area (Å²) in [6, 6.07) is 0. The molecular weight excluding hydrogens is 456 g/mol. The summed E-state index contributed by atoms with van der Waals surface area (Å²) in [6.07, 6.45) is 8.22. The minimum Gasteiger partial charge on any atom is -0.461 e. The molecule has 6 nitrogen and oxygen atoms in total. The van der Waals surface area contributed by atoms with Crippen molar-refractivity contribution in [2.24, 2.45) is 39.9 Å². The van der Waals surface area contributed by atoms with Gasteiger partial charge < -0.3 is 14.6 Å². The maximum atomic E-state index is 14.2. The van der Waals surface area contributed by atoms with E-state index >= 15 is 0 Å². The first-order valence-corrected chi connectivity index (χ1v) is 13.4. The highest BCUT2D eigenvalue weighted by Gasteiger charge is 2.83. The van der Waals surface area contributed by atoms with Crippen molar-refractivity contribution < 1.29 is 29.0 Å². The molecule has 0 aromatic heterocycles. The third kappa shape index (κ3) is 2.20. The number of allylic oxidation sites excluding steroid dienone is 3. The highest BCUT2D eigenvalue weighted by molar-refractivity contribution is 6.09. The summed E-state index contributed by atoms with van der Waals surface area (Å²) >= 11 is 0. The van der Waals surface area contributed by atoms with Crippen LogP contribution >= 0.6 is 0 Å². The van der Waals surface area contributed by atoms with E-state index in [2.05, 4.69) is 25.7 Å². The van der Waals surface area contributed by atoms with Crippen molar-refractivity contribution in [1.29, 1.82) is 0 Å². The monoisotopic (exact) mass is 490 g/mol. The minimum absolute atomic E-state index is 0.0394. The molecule has 2 saturated carbocycles. The van der Waals surface area contributed by atoms with Crippen LogP contribution in [0, 0.1) is 39.9 Å². The van der Waals surface area contributed by atoms with Crippen LogP contribution in [0.4, 0.5) is 0 Å². The molecule has 7 rings (SSSR count). The Morgan fingerprint density at radius 3 is 2.56 bits per heavy atom. The van der Waals surface area contributed by atoms with E-state index < -0.39 is 34.1 Å². The summed E-state index contributed by atoms with van der Waals surface area (Å²) in [5.41, 5.74) is 0.0122. The van der Waals surface area contributed by atoms with E-state index in [-0.39, 0.29) is 41.4 Å². The number of hydrogen-bond donors (Lipinski definition) is 1. The highest BCUT2D eigenvalue weighted by atomic mass is 16.6. The van der Waals surface area contributed by atoms with Crippen LogP contribution in [0.5, 0.6) is 0 Å². The first kappa shape index (κ1) is 22.7. The molecule has 2 aliphatic heterocycles. The van der Waals surface area contributed by atoms with Gasteiger partial charge in [-0.1, -0.05) is 36.8 Å². The van der Waals surface area contributed by atoms with Gasteiger partial charge in [0.05, 0.1) is 11.0 Å². The van der Waals surface area contributed by atoms with Gasteiger partial charge in [-0.05, 0) is 59.0 Å². The van der Waals surface area contributed by atoms with Crippen LogP contribution in [0.25, 0.3) is 0 Å². The van der Waals surface area contributed by atoms with E-state index in [1.54, 1.807) is 6.08 Å². The SMILES string of the molecule is C=C1C(=O)OC2C1CC[C@](C)(O)C13C=C[C@](C)(C21)C1(C3)C(=O)OC2C3C(C)=CC(=O)C3=C(C)CCC21. The number of fused-ring (bicyclic) bond motifs is 6. The van der Waals surface area contributed by atoms with Crippen molar-refractivity contribution in [2.75, 3.05) is 0 Å². The zero-order valence-electron chi connectivity index (χ0n) is 21.4. The van der Waals surface area contributed by atoms with Gasteiger partial charge in [0.15, 0.2) is 5.78 Å². The van der Waals surface area contributed by atoms with Crippen LogP contribution in [0.15, 0.2) is 47.1 Å². The molecule has 1 N–H and O–H groups in total. The molecule has 6 heteroatoms. The van der Waals surface area contributed by atoms with Crippen LogP contribution < -0.4 is 0 Å². The summed E-state index contributed by atoms with van der Waals surface area (Å²) in [5.74, 6) is -1.27. The Hall–Kier alpha value is -2.47. The molecule has 0 aromatic rings. The lowest BCUT2D eigenvalue weighted by atomic mass is 9.55. The Morgan fingerprint density at radius 1 is 1.06 bits per heavy atom. The average molecular weight is 491 g/mol. The average Bonchev–Trinajstić information content (AvgIpc) is 3.47. The molecule has 0 aromatic carbocycles. The Bertz CT molecular complexity index is 1270. The van der Waals surface area contributed by atoms with Crippen molar-refractivity contribution >= 4 is 17.7 Å². The van der Waals surface area contributed by atoms with Crippen molar-refractivity contribution in [3.05, 3.63) is 47.1 Å². The number of ketones is 1. The lowest BCUT2D eigenvalue weighted by Gasteiger charge is -2.44. The normalized spacial score (nSPS) is 52.5. The summed E-state index contributed by atoms with van der Waals surface area (Å²) < 4.78 is 12.3. The fourth-order valence-electron chi connectivity index (χ4n) is 10.0. The van der Waals surface area contributed by atoms with Gasteiger partial charge in [-0.15, -0.1) is 0 Å². The molecule has 8 unspecified atom stereocenters. The zero-order valence-corrected chi connectivity index (χ0v) is 21.4. The van der Waals surface area contributed by atoms with E-state index in [1.807, 2.05) is 20.8 Å². The zero-order chi connectivity index (χ0) is 25.6. The number of rotatable bonds is 0. The van der Waals surface area contributed by atoms with Gasteiger partial charge >= 0.3 is 11.9 Å². The van der Waals surface area contributed by atoms with Gasteiger partial charge in [0.2, 0.25) is 0 Å². The molecule has 10 atom stereocenters. The number of esters is 2. The quantitative estimate of drug-likeness (QED) is 0.314. The molecule has 2 saturated heterocycles. The summed E-state index contributed by atoms with van der Waals surface area (Å²) in [7, 11) is 0. The lowest BCUT2D eigenvalue weighted by molar-refractivity contribution is -0.155. The molecule has 0 radical (unpaired) electrons. The van der Waals surface area contributed by atoms with E-state index in [0.717, 1.165) is 29.6 Å². The van der Waals surface area contributed by atoms with Crippen LogP contribution in [0.1, 0.15) is 59.8 Å². The molecule has 2 heterocycles. The number of ether oxygens (including phenoxy) is 2. The first-order chi connectivity index (χ1) is 16.9. The predicted molar refractivity (Wildman–Crippen MR) is 130 cm³/mol. The topological polar surface area (TPSA) is 89.9 Å². The molecule has 0 amide bonds. The van der Waals surface area contributed by atoms with Crippen LogP contribution in [0.3, 0.4) is 0 Å². The van der Waals surface area contributed by atoms with E-state index in [4.69, 9.17) is 9.47 Å². The maximum Gasteiger partial charge on any atom is 0.334 e. The second kappa shape index (κ2) is 6.50. The molecule has 2 bridgehead atoms. The van der Waals surface area contributed by atoms with Gasteiger partial charge in [-0.3, -0.25) is 9.59 Å². The predicted octanol–water partition coefficient (Wildman–Crippen LogP) is 3.99. The van der Waals surface area contributed by atoms with Crippen molar-refractivity contribution in [3.8, 4) is 0 Å². The second-order valence-corrected chi connectivity index (χ2v) is 13.0. The summed E-state index contributed by atoms with van der Waals surface area (Å²) in [6.45, 7) is 12.1. The Morgan fingerprint density at radius 2 is 1.81 bits per heavy atom. The number of carbonyl (C=O) groups excluding carboxylic acids is 3.